The van der Waals surface area contributed by atoms with Crippen molar-refractivity contribution >= 4 is 65.4 Å². The van der Waals surface area contributed by atoms with E-state index >= 15 is 0 Å². The Kier molecular flexibility index (Phi) is 7.80. The van der Waals surface area contributed by atoms with E-state index in [0.717, 1.165) is 55.4 Å². The molecule has 0 N–H and O–H groups in total. The van der Waals surface area contributed by atoms with E-state index in [9.17, 15) is 0 Å². The number of para-hydroxylation sites is 4. The molecule has 6 heteroatoms. The molecular weight excluding hydrogens is 769 g/mol. The highest BCUT2D eigenvalue weighted by Crippen LogP contribution is 2.39. The molecule has 0 aliphatic carbocycles. The van der Waals surface area contributed by atoms with Crippen molar-refractivity contribution < 1.29 is 0 Å². The predicted octanol–water partition coefficient (Wildman–Crippen LogP) is 14.2. The Labute approximate surface area is 362 Å². The van der Waals surface area contributed by atoms with Gasteiger partial charge in [0, 0.05) is 54.8 Å². The minimum Gasteiger partial charge on any atom is -0.309 e. The largest absolute Gasteiger partial charge is 0.309 e. The van der Waals surface area contributed by atoms with Crippen LogP contribution in [-0.4, -0.2) is 28.7 Å². The lowest BCUT2D eigenvalue weighted by Crippen LogP contribution is -2.06. The van der Waals surface area contributed by atoms with Crippen LogP contribution in [0.2, 0.25) is 0 Å². The molecule has 4 heterocycles. The normalized spacial score (nSPS) is 11.8. The van der Waals surface area contributed by atoms with Gasteiger partial charge in [-0.1, -0.05) is 158 Å². The number of benzene rings is 9. The molecule has 0 spiro atoms. The fourth-order valence-corrected chi connectivity index (χ4v) is 9.64. The molecule has 63 heavy (non-hydrogen) atoms. The van der Waals surface area contributed by atoms with Crippen LogP contribution in [0.1, 0.15) is 0 Å². The van der Waals surface area contributed by atoms with Gasteiger partial charge in [-0.15, -0.1) is 0 Å². The Hall–Kier alpha value is -8.61. The minimum atomic E-state index is 0.578. The summed E-state index contributed by atoms with van der Waals surface area (Å²) in [6.07, 6.45) is 0. The number of fused-ring (bicyclic) bond motifs is 9. The maximum atomic E-state index is 5.15. The lowest BCUT2D eigenvalue weighted by molar-refractivity contribution is 0.953. The summed E-state index contributed by atoms with van der Waals surface area (Å²) >= 11 is 0. The third-order valence-corrected chi connectivity index (χ3v) is 12.5. The summed E-state index contributed by atoms with van der Waals surface area (Å²) in [5.74, 6) is 1.84. The van der Waals surface area contributed by atoms with Gasteiger partial charge in [0.1, 0.15) is 0 Å². The van der Waals surface area contributed by atoms with Gasteiger partial charge < -0.3 is 9.13 Å². The quantitative estimate of drug-likeness (QED) is 0.168. The first-order valence-corrected chi connectivity index (χ1v) is 21.3. The van der Waals surface area contributed by atoms with E-state index in [-0.39, 0.29) is 0 Å². The van der Waals surface area contributed by atoms with Crippen molar-refractivity contribution in [2.24, 2.45) is 0 Å². The molecule has 0 bridgehead atoms. The number of hydrogen-bond donors (Lipinski definition) is 0. The first-order valence-electron chi connectivity index (χ1n) is 21.3. The molecule has 294 valence electrons. The van der Waals surface area contributed by atoms with Crippen LogP contribution >= 0.6 is 0 Å². The van der Waals surface area contributed by atoms with E-state index < -0.39 is 0 Å². The zero-order valence-electron chi connectivity index (χ0n) is 34.0. The fraction of sp³-hybridized carbons (Fsp3) is 0. The van der Waals surface area contributed by atoms with Crippen molar-refractivity contribution in [3.63, 3.8) is 0 Å². The molecule has 0 saturated carbocycles. The standard InChI is InChI=1S/C57H36N6/c1-3-15-38(16-4-1)55-58-56(39-17-5-2-6-18-39)60-57(59-55)63-52-26-14-9-21-45(52)47-33-29-40(35-54(47)63)37-27-30-41(31-28-37)61-51-25-13-10-22-46(51)48-36-42(32-34-53(48)61)62-49-23-11-7-19-43(49)44-20-8-12-24-50(44)62/h1-36H. The summed E-state index contributed by atoms with van der Waals surface area (Å²) in [7, 11) is 0. The van der Waals surface area contributed by atoms with Gasteiger partial charge in [0.05, 0.1) is 33.1 Å². The summed E-state index contributed by atoms with van der Waals surface area (Å²) in [5.41, 5.74) is 13.2. The van der Waals surface area contributed by atoms with Crippen molar-refractivity contribution in [3.05, 3.63) is 218 Å². The second kappa shape index (κ2) is 14.0. The molecule has 9 aromatic carbocycles. The van der Waals surface area contributed by atoms with E-state index in [1.54, 1.807) is 0 Å². The van der Waals surface area contributed by atoms with E-state index in [2.05, 4.69) is 171 Å². The van der Waals surface area contributed by atoms with Crippen LogP contribution in [-0.2, 0) is 0 Å². The van der Waals surface area contributed by atoms with Gasteiger partial charge >= 0.3 is 0 Å². The van der Waals surface area contributed by atoms with E-state index in [0.29, 0.717) is 17.6 Å². The van der Waals surface area contributed by atoms with Crippen LogP contribution in [0, 0.1) is 0 Å². The van der Waals surface area contributed by atoms with Gasteiger partial charge in [-0.05, 0) is 71.8 Å². The molecule has 0 amide bonds. The Bertz CT molecular complexity index is 3790. The van der Waals surface area contributed by atoms with Gasteiger partial charge in [0.15, 0.2) is 11.6 Å². The van der Waals surface area contributed by atoms with Gasteiger partial charge in [0.25, 0.3) is 0 Å². The fourth-order valence-electron chi connectivity index (χ4n) is 9.64. The van der Waals surface area contributed by atoms with Crippen LogP contribution in [0.25, 0.3) is 117 Å². The Morgan fingerprint density at radius 3 is 1.21 bits per heavy atom. The maximum Gasteiger partial charge on any atom is 0.238 e. The van der Waals surface area contributed by atoms with Crippen molar-refractivity contribution in [3.8, 4) is 51.2 Å². The molecule has 0 atom stereocenters. The summed E-state index contributed by atoms with van der Waals surface area (Å²) in [6.45, 7) is 0. The molecule has 0 radical (unpaired) electrons. The Morgan fingerprint density at radius 1 is 0.238 bits per heavy atom. The van der Waals surface area contributed by atoms with Gasteiger partial charge in [-0.2, -0.15) is 9.97 Å². The topological polar surface area (TPSA) is 53.5 Å². The van der Waals surface area contributed by atoms with Crippen molar-refractivity contribution in [1.82, 2.24) is 28.7 Å². The average molecular weight is 805 g/mol. The SMILES string of the molecule is c1ccc(-c2nc(-c3ccccc3)nc(-n3c4ccccc4c4ccc(-c5ccc(-n6c7ccccc7c7cc(-n8c9ccccc9c9ccccc98)ccc76)cc5)cc43)n2)cc1. The monoisotopic (exact) mass is 804 g/mol. The van der Waals surface area contributed by atoms with Crippen LogP contribution < -0.4 is 0 Å². The van der Waals surface area contributed by atoms with Crippen LogP contribution in [0.5, 0.6) is 0 Å². The van der Waals surface area contributed by atoms with E-state index in [4.69, 9.17) is 15.0 Å². The lowest BCUT2D eigenvalue weighted by Gasteiger charge is -2.12. The Morgan fingerprint density at radius 2 is 0.651 bits per heavy atom. The molecular formula is C57H36N6. The highest BCUT2D eigenvalue weighted by molar-refractivity contribution is 6.13. The van der Waals surface area contributed by atoms with Crippen molar-refractivity contribution in [1.29, 1.82) is 0 Å². The molecule has 13 rings (SSSR count). The summed E-state index contributed by atoms with van der Waals surface area (Å²) in [5, 5.41) is 7.25. The molecule has 0 aliphatic rings. The second-order valence-electron chi connectivity index (χ2n) is 16.1. The van der Waals surface area contributed by atoms with Crippen LogP contribution in [0.3, 0.4) is 0 Å². The second-order valence-corrected chi connectivity index (χ2v) is 16.1. The highest BCUT2D eigenvalue weighted by Gasteiger charge is 2.20. The predicted molar refractivity (Wildman–Crippen MR) is 259 cm³/mol. The number of nitrogens with zero attached hydrogens (tertiary/aromatic N) is 6. The van der Waals surface area contributed by atoms with Crippen molar-refractivity contribution in [2.45, 2.75) is 0 Å². The summed E-state index contributed by atoms with van der Waals surface area (Å²) in [6, 6.07) is 77.5. The van der Waals surface area contributed by atoms with Crippen LogP contribution in [0.15, 0.2) is 218 Å². The molecule has 0 fully saturated rings. The molecule has 0 aliphatic heterocycles. The van der Waals surface area contributed by atoms with Crippen LogP contribution in [0.4, 0.5) is 0 Å². The van der Waals surface area contributed by atoms with Crippen molar-refractivity contribution in [2.75, 3.05) is 0 Å². The molecule has 6 nitrogen and oxygen atoms in total. The first kappa shape index (κ1) is 35.2. The minimum absolute atomic E-state index is 0.578. The third kappa shape index (κ3) is 5.55. The summed E-state index contributed by atoms with van der Waals surface area (Å²) < 4.78 is 6.97. The molecule has 0 saturated heterocycles. The molecule has 0 unspecified atom stereocenters. The van der Waals surface area contributed by atoms with Gasteiger partial charge in [0.2, 0.25) is 5.95 Å². The summed E-state index contributed by atoms with van der Waals surface area (Å²) in [4.78, 5) is 15.3. The van der Waals surface area contributed by atoms with Gasteiger partial charge in [-0.25, -0.2) is 4.98 Å². The zero-order chi connectivity index (χ0) is 41.4. The zero-order valence-corrected chi connectivity index (χ0v) is 34.0. The van der Waals surface area contributed by atoms with Gasteiger partial charge in [-0.3, -0.25) is 4.57 Å². The number of aromatic nitrogens is 6. The number of hydrogen-bond acceptors (Lipinski definition) is 3. The molecule has 4 aromatic heterocycles. The van der Waals surface area contributed by atoms with E-state index in [1.165, 1.54) is 43.6 Å². The first-order chi connectivity index (χ1) is 31.2. The lowest BCUT2D eigenvalue weighted by atomic mass is 10.0. The number of rotatable bonds is 6. The third-order valence-electron chi connectivity index (χ3n) is 12.5. The van der Waals surface area contributed by atoms with E-state index in [1.807, 2.05) is 60.7 Å². The Balaban J connectivity index is 0.939. The maximum absolute atomic E-state index is 5.15. The average Bonchev–Trinajstić information content (AvgIpc) is 4.00. The molecule has 13 aromatic rings. The smallest absolute Gasteiger partial charge is 0.238 e. The highest BCUT2D eigenvalue weighted by atomic mass is 15.2.